The molecule has 0 aliphatic rings. The third-order valence-electron chi connectivity index (χ3n) is 2.35. The van der Waals surface area contributed by atoms with Gasteiger partial charge in [-0.3, -0.25) is 0 Å². The van der Waals surface area contributed by atoms with Crippen molar-refractivity contribution in [1.82, 2.24) is 0 Å². The van der Waals surface area contributed by atoms with Crippen LogP contribution in [0, 0.1) is 4.91 Å². The van der Waals surface area contributed by atoms with Crippen LogP contribution in [0.2, 0.25) is 0 Å². The molecule has 1 unspecified atom stereocenters. The summed E-state index contributed by atoms with van der Waals surface area (Å²) in [5.41, 5.74) is 2.78. The van der Waals surface area contributed by atoms with Crippen molar-refractivity contribution in [3.63, 3.8) is 0 Å². The van der Waals surface area contributed by atoms with E-state index >= 15 is 0 Å². The van der Waals surface area contributed by atoms with Gasteiger partial charge < -0.3 is 0 Å². The Hall–Kier alpha value is -0.920. The van der Waals surface area contributed by atoms with Crippen molar-refractivity contribution in [1.29, 1.82) is 0 Å². The molecule has 0 saturated heterocycles. The summed E-state index contributed by atoms with van der Waals surface area (Å²) < 4.78 is 0. The predicted molar refractivity (Wildman–Crippen MR) is 66.9 cm³/mol. The van der Waals surface area contributed by atoms with E-state index in [2.05, 4.69) is 38.1 Å². The van der Waals surface area contributed by atoms with E-state index < -0.39 is 0 Å². The fourth-order valence-electron chi connectivity index (χ4n) is 1.31. The molecule has 86 valence electrons. The molecule has 0 radical (unpaired) electrons. The molecule has 0 bridgehead atoms. The summed E-state index contributed by atoms with van der Waals surface area (Å²) in [4.78, 5) is 10.1. The molecule has 0 aliphatic heterocycles. The zero-order valence-corrected chi connectivity index (χ0v) is 10.4. The van der Waals surface area contributed by atoms with Gasteiger partial charge in [0.1, 0.15) is 0 Å². The summed E-state index contributed by atoms with van der Waals surface area (Å²) in [7, 11) is 0. The molecule has 0 heterocycles. The Labute approximate surface area is 93.4 Å². The van der Waals surface area contributed by atoms with Gasteiger partial charge in [-0.2, -0.15) is 4.91 Å². The van der Waals surface area contributed by atoms with E-state index in [1.165, 1.54) is 11.1 Å². The van der Waals surface area contributed by atoms with Crippen molar-refractivity contribution >= 4 is 0 Å². The molecule has 0 amide bonds. The number of nitrogens with zero attached hydrogens (tertiary/aromatic N) is 1. The Balaban J connectivity index is 3.70. The van der Waals surface area contributed by atoms with Gasteiger partial charge in [-0.25, -0.2) is 0 Å². The molecule has 0 aromatic carbocycles. The van der Waals surface area contributed by atoms with Crippen LogP contribution in [0.4, 0.5) is 0 Å². The summed E-state index contributed by atoms with van der Waals surface area (Å²) >= 11 is 0. The molecule has 0 fully saturated rings. The fourth-order valence-corrected chi connectivity index (χ4v) is 1.31. The van der Waals surface area contributed by atoms with Crippen LogP contribution < -0.4 is 0 Å². The summed E-state index contributed by atoms with van der Waals surface area (Å²) in [5.74, 6) is 0. The van der Waals surface area contributed by atoms with Crippen LogP contribution in [0.25, 0.3) is 0 Å². The largest absolute Gasteiger partial charge is 0.151 e. The van der Waals surface area contributed by atoms with Gasteiger partial charge in [-0.1, -0.05) is 28.5 Å². The van der Waals surface area contributed by atoms with Crippen LogP contribution in [0.15, 0.2) is 28.5 Å². The second kappa shape index (κ2) is 8.39. The topological polar surface area (TPSA) is 29.4 Å². The minimum Gasteiger partial charge on any atom is -0.151 e. The minimum absolute atomic E-state index is 0.0492. The Morgan fingerprint density at radius 3 is 2.40 bits per heavy atom. The maximum absolute atomic E-state index is 10.1. The van der Waals surface area contributed by atoms with Gasteiger partial charge in [0.15, 0.2) is 0 Å². The maximum atomic E-state index is 10.1. The Kier molecular flexibility index (Phi) is 7.88. The van der Waals surface area contributed by atoms with Crippen LogP contribution in [-0.4, -0.2) is 6.04 Å². The number of hydrogen-bond acceptors (Lipinski definition) is 2. The third-order valence-corrected chi connectivity index (χ3v) is 2.35. The molecule has 0 spiro atoms. The number of nitroso groups, excluding NO2 is 1. The van der Waals surface area contributed by atoms with Gasteiger partial charge in [0.25, 0.3) is 0 Å². The summed E-state index contributed by atoms with van der Waals surface area (Å²) in [5, 5.41) is 2.98. The van der Waals surface area contributed by atoms with Crippen molar-refractivity contribution in [2.75, 3.05) is 0 Å². The second-order valence-electron chi connectivity index (χ2n) is 4.40. The minimum atomic E-state index is -0.0492. The van der Waals surface area contributed by atoms with Crippen LogP contribution in [0.1, 0.15) is 53.4 Å². The van der Waals surface area contributed by atoms with Crippen LogP contribution in [0.5, 0.6) is 0 Å². The van der Waals surface area contributed by atoms with Gasteiger partial charge in [0.2, 0.25) is 0 Å². The molecule has 0 N–H and O–H groups in total. The first-order valence-corrected chi connectivity index (χ1v) is 5.67. The van der Waals surface area contributed by atoms with E-state index in [1.54, 1.807) is 0 Å². The predicted octanol–water partition coefficient (Wildman–Crippen LogP) is 4.61. The Morgan fingerprint density at radius 1 is 1.20 bits per heavy atom. The molecule has 2 nitrogen and oxygen atoms in total. The summed E-state index contributed by atoms with van der Waals surface area (Å²) in [6, 6.07) is -0.0492. The lowest BCUT2D eigenvalue weighted by atomic mass is 10.1. The zero-order chi connectivity index (χ0) is 11.7. The number of hydrogen-bond donors (Lipinski definition) is 0. The van der Waals surface area contributed by atoms with Crippen molar-refractivity contribution in [2.24, 2.45) is 5.18 Å². The standard InChI is InChI=1S/C13H23NO/c1-11(2)7-5-8-12(3)9-6-10-13(4)14-15/h7,9,13H,5-6,8,10H2,1-4H3/b12-9+. The average molecular weight is 209 g/mol. The number of allylic oxidation sites excluding steroid dienone is 4. The van der Waals surface area contributed by atoms with E-state index in [-0.39, 0.29) is 6.04 Å². The van der Waals surface area contributed by atoms with Crippen molar-refractivity contribution < 1.29 is 0 Å². The SMILES string of the molecule is CC(C)=CCC/C(C)=C/CCC(C)N=O. The Bertz CT molecular complexity index is 237. The Morgan fingerprint density at radius 2 is 1.87 bits per heavy atom. The zero-order valence-electron chi connectivity index (χ0n) is 10.4. The highest BCUT2D eigenvalue weighted by molar-refractivity contribution is 5.02. The molecule has 0 saturated carbocycles. The van der Waals surface area contributed by atoms with Gasteiger partial charge in [0.05, 0.1) is 6.04 Å². The van der Waals surface area contributed by atoms with Crippen molar-refractivity contribution in [3.8, 4) is 0 Å². The highest BCUT2D eigenvalue weighted by atomic mass is 16.3. The first-order valence-electron chi connectivity index (χ1n) is 5.67. The molecule has 1 atom stereocenters. The highest BCUT2D eigenvalue weighted by Gasteiger charge is 1.98. The second-order valence-corrected chi connectivity index (χ2v) is 4.40. The first-order chi connectivity index (χ1) is 7.06. The number of rotatable bonds is 7. The van der Waals surface area contributed by atoms with Crippen molar-refractivity contribution in [2.45, 2.75) is 59.4 Å². The highest BCUT2D eigenvalue weighted by Crippen LogP contribution is 2.10. The van der Waals surface area contributed by atoms with Gasteiger partial charge in [-0.15, -0.1) is 0 Å². The monoisotopic (exact) mass is 209 g/mol. The van der Waals surface area contributed by atoms with E-state index in [0.717, 1.165) is 25.7 Å². The normalized spacial score (nSPS) is 13.5. The molecular formula is C13H23NO. The van der Waals surface area contributed by atoms with E-state index in [4.69, 9.17) is 0 Å². The lowest BCUT2D eigenvalue weighted by molar-refractivity contribution is 0.670. The van der Waals surface area contributed by atoms with Gasteiger partial charge in [0, 0.05) is 0 Å². The molecule has 15 heavy (non-hydrogen) atoms. The fraction of sp³-hybridized carbons (Fsp3) is 0.692. The molecule has 0 aromatic rings. The third kappa shape index (κ3) is 9.39. The summed E-state index contributed by atoms with van der Waals surface area (Å²) in [6.45, 7) is 8.25. The van der Waals surface area contributed by atoms with Crippen LogP contribution in [0.3, 0.4) is 0 Å². The van der Waals surface area contributed by atoms with Gasteiger partial charge in [-0.05, 0) is 53.4 Å². The summed E-state index contributed by atoms with van der Waals surface area (Å²) in [6.07, 6.45) is 8.55. The molecule has 0 aromatic heterocycles. The lowest BCUT2D eigenvalue weighted by Gasteiger charge is -2.01. The molecular weight excluding hydrogens is 186 g/mol. The maximum Gasteiger partial charge on any atom is 0.0894 e. The molecule has 2 heteroatoms. The quantitative estimate of drug-likeness (QED) is 0.444. The lowest BCUT2D eigenvalue weighted by Crippen LogP contribution is -1.94. The van der Waals surface area contributed by atoms with Crippen LogP contribution in [-0.2, 0) is 0 Å². The van der Waals surface area contributed by atoms with E-state index in [0.29, 0.717) is 0 Å². The smallest absolute Gasteiger partial charge is 0.0894 e. The van der Waals surface area contributed by atoms with Crippen molar-refractivity contribution in [3.05, 3.63) is 28.2 Å². The van der Waals surface area contributed by atoms with Crippen LogP contribution >= 0.6 is 0 Å². The van der Waals surface area contributed by atoms with Gasteiger partial charge >= 0.3 is 0 Å². The molecule has 0 aliphatic carbocycles. The molecule has 0 rings (SSSR count). The van der Waals surface area contributed by atoms with E-state index in [1.807, 2.05) is 6.92 Å². The average Bonchev–Trinajstić information content (AvgIpc) is 2.17. The first kappa shape index (κ1) is 14.1. The van der Waals surface area contributed by atoms with E-state index in [9.17, 15) is 4.91 Å².